The molecule has 1 atom stereocenters. The predicted octanol–water partition coefficient (Wildman–Crippen LogP) is 12.2. The Morgan fingerprint density at radius 2 is 0.500 bits per heavy atom. The van der Waals surface area contributed by atoms with E-state index in [9.17, 15) is 0 Å². The first-order chi connectivity index (χ1) is 18.2. The summed E-state index contributed by atoms with van der Waals surface area (Å²) in [6.45, 7) is 4.62. The second-order valence-corrected chi connectivity index (χ2v) is 12.7. The van der Waals surface area contributed by atoms with E-state index in [0.717, 1.165) is 6.04 Å². The third-order valence-electron chi connectivity index (χ3n) is 8.76. The molecule has 0 heterocycles. The van der Waals surface area contributed by atoms with Crippen molar-refractivity contribution in [2.24, 2.45) is 0 Å². The highest BCUT2D eigenvalue weighted by molar-refractivity contribution is 4.67. The molecule has 0 aromatic carbocycles. The molecule has 0 amide bonds. The van der Waals surface area contributed by atoms with Crippen molar-refractivity contribution in [3.8, 4) is 0 Å². The molecular formula is C36H77NO. The maximum Gasteiger partial charge on any atom is 0.00891 e. The molecular weight excluding hydrogens is 462 g/mol. The summed E-state index contributed by atoms with van der Waals surface area (Å²) in [6.07, 6.45) is 45.3. The van der Waals surface area contributed by atoms with Gasteiger partial charge in [0, 0.05) is 6.04 Å². The third kappa shape index (κ3) is 32.1. The SMILES string of the molecule is CCCCCCCCCCCCCCCCCC(CCCCCCCCCCCCCCCC)N(C)C.O. The lowest BCUT2D eigenvalue weighted by Gasteiger charge is -2.24. The molecule has 0 radical (unpaired) electrons. The molecule has 1 unspecified atom stereocenters. The van der Waals surface area contributed by atoms with Crippen LogP contribution >= 0.6 is 0 Å². The third-order valence-corrected chi connectivity index (χ3v) is 8.76. The van der Waals surface area contributed by atoms with Gasteiger partial charge in [-0.05, 0) is 26.9 Å². The Labute approximate surface area is 243 Å². The first-order valence-corrected chi connectivity index (χ1v) is 17.9. The van der Waals surface area contributed by atoms with Gasteiger partial charge in [-0.2, -0.15) is 0 Å². The summed E-state index contributed by atoms with van der Waals surface area (Å²) < 4.78 is 0. The Morgan fingerprint density at radius 3 is 0.684 bits per heavy atom. The minimum absolute atomic E-state index is 0. The van der Waals surface area contributed by atoms with Gasteiger partial charge >= 0.3 is 0 Å². The molecule has 0 saturated carbocycles. The zero-order valence-corrected chi connectivity index (χ0v) is 27.4. The Morgan fingerprint density at radius 1 is 0.316 bits per heavy atom. The van der Waals surface area contributed by atoms with E-state index in [1.54, 1.807) is 0 Å². The van der Waals surface area contributed by atoms with Gasteiger partial charge < -0.3 is 10.4 Å². The molecule has 0 aromatic heterocycles. The van der Waals surface area contributed by atoms with Gasteiger partial charge in [0.1, 0.15) is 0 Å². The van der Waals surface area contributed by atoms with Crippen molar-refractivity contribution in [3.05, 3.63) is 0 Å². The van der Waals surface area contributed by atoms with Gasteiger partial charge in [-0.15, -0.1) is 0 Å². The summed E-state index contributed by atoms with van der Waals surface area (Å²) in [5.41, 5.74) is 0. The van der Waals surface area contributed by atoms with E-state index in [4.69, 9.17) is 0 Å². The molecule has 232 valence electrons. The largest absolute Gasteiger partial charge is 0.412 e. The summed E-state index contributed by atoms with van der Waals surface area (Å²) in [4.78, 5) is 2.51. The van der Waals surface area contributed by atoms with Crippen LogP contribution in [0.5, 0.6) is 0 Å². The highest BCUT2D eigenvalue weighted by atomic mass is 16.0. The van der Waals surface area contributed by atoms with Crippen LogP contribution < -0.4 is 0 Å². The summed E-state index contributed by atoms with van der Waals surface area (Å²) in [5, 5.41) is 0. The van der Waals surface area contributed by atoms with Crippen LogP contribution in [0.25, 0.3) is 0 Å². The van der Waals surface area contributed by atoms with Crippen molar-refractivity contribution in [2.45, 2.75) is 219 Å². The zero-order chi connectivity index (χ0) is 27.1. The molecule has 0 saturated heterocycles. The van der Waals surface area contributed by atoms with Crippen LogP contribution in [0.4, 0.5) is 0 Å². The Kier molecular flexibility index (Phi) is 36.8. The summed E-state index contributed by atoms with van der Waals surface area (Å²) >= 11 is 0. The van der Waals surface area contributed by atoms with E-state index in [2.05, 4.69) is 32.8 Å². The van der Waals surface area contributed by atoms with E-state index >= 15 is 0 Å². The average molecular weight is 540 g/mol. The van der Waals surface area contributed by atoms with Crippen LogP contribution in [-0.2, 0) is 0 Å². The van der Waals surface area contributed by atoms with E-state index in [0.29, 0.717) is 0 Å². The van der Waals surface area contributed by atoms with Crippen molar-refractivity contribution < 1.29 is 5.48 Å². The summed E-state index contributed by atoms with van der Waals surface area (Å²) in [7, 11) is 4.61. The maximum atomic E-state index is 2.51. The van der Waals surface area contributed by atoms with Crippen LogP contribution in [0.3, 0.4) is 0 Å². The number of hydrogen-bond acceptors (Lipinski definition) is 1. The number of rotatable bonds is 32. The Bertz CT molecular complexity index is 397. The topological polar surface area (TPSA) is 34.7 Å². The lowest BCUT2D eigenvalue weighted by atomic mass is 9.99. The normalized spacial score (nSPS) is 12.2. The highest BCUT2D eigenvalue weighted by Crippen LogP contribution is 2.18. The van der Waals surface area contributed by atoms with Crippen molar-refractivity contribution >= 4 is 0 Å². The molecule has 0 aliphatic carbocycles. The van der Waals surface area contributed by atoms with Gasteiger partial charge in [0.25, 0.3) is 0 Å². The lowest BCUT2D eigenvalue weighted by molar-refractivity contribution is 0.251. The molecule has 0 spiro atoms. The van der Waals surface area contributed by atoms with Crippen molar-refractivity contribution in [1.82, 2.24) is 4.90 Å². The van der Waals surface area contributed by atoms with Crippen LogP contribution in [0.2, 0.25) is 0 Å². The predicted molar refractivity (Wildman–Crippen MR) is 176 cm³/mol. The van der Waals surface area contributed by atoms with Gasteiger partial charge in [0.05, 0.1) is 0 Å². The van der Waals surface area contributed by atoms with Gasteiger partial charge in [-0.25, -0.2) is 0 Å². The van der Waals surface area contributed by atoms with Gasteiger partial charge in [-0.1, -0.05) is 200 Å². The zero-order valence-electron chi connectivity index (χ0n) is 27.4. The Balaban J connectivity index is 0. The number of unbranched alkanes of at least 4 members (excludes halogenated alkanes) is 27. The first-order valence-electron chi connectivity index (χ1n) is 17.9. The average Bonchev–Trinajstić information content (AvgIpc) is 2.89. The number of nitrogens with zero attached hydrogens (tertiary/aromatic N) is 1. The summed E-state index contributed by atoms with van der Waals surface area (Å²) in [5.74, 6) is 0. The van der Waals surface area contributed by atoms with E-state index in [1.807, 2.05) is 0 Å². The minimum atomic E-state index is 0. The second kappa shape index (κ2) is 34.9. The monoisotopic (exact) mass is 540 g/mol. The van der Waals surface area contributed by atoms with Crippen molar-refractivity contribution in [2.75, 3.05) is 14.1 Å². The molecule has 0 fully saturated rings. The fraction of sp³-hybridized carbons (Fsp3) is 1.00. The van der Waals surface area contributed by atoms with Crippen molar-refractivity contribution in [1.29, 1.82) is 0 Å². The molecule has 0 bridgehead atoms. The minimum Gasteiger partial charge on any atom is -0.412 e. The molecule has 0 aliphatic heterocycles. The lowest BCUT2D eigenvalue weighted by Crippen LogP contribution is -2.27. The molecule has 0 aliphatic rings. The van der Waals surface area contributed by atoms with Crippen LogP contribution in [0, 0.1) is 0 Å². The fourth-order valence-corrected chi connectivity index (χ4v) is 5.99. The van der Waals surface area contributed by atoms with Crippen molar-refractivity contribution in [3.63, 3.8) is 0 Å². The van der Waals surface area contributed by atoms with Gasteiger partial charge in [0.15, 0.2) is 0 Å². The fourth-order valence-electron chi connectivity index (χ4n) is 5.99. The summed E-state index contributed by atoms with van der Waals surface area (Å²) in [6, 6.07) is 0.819. The van der Waals surface area contributed by atoms with Crippen LogP contribution in [-0.4, -0.2) is 30.5 Å². The highest BCUT2D eigenvalue weighted by Gasteiger charge is 2.10. The smallest absolute Gasteiger partial charge is 0.00891 e. The van der Waals surface area contributed by atoms with Gasteiger partial charge in [-0.3, -0.25) is 0 Å². The second-order valence-electron chi connectivity index (χ2n) is 12.7. The number of hydrogen-bond donors (Lipinski definition) is 0. The standard InChI is InChI=1S/C36H75N.H2O/c1-5-7-9-11-13-15-17-19-21-23-25-27-29-31-33-35-36(37(3)4)34-32-30-28-26-24-22-20-18-16-14-12-10-8-6-2;/h36H,5-35H2,1-4H3;1H2. The molecule has 2 nitrogen and oxygen atoms in total. The van der Waals surface area contributed by atoms with E-state index < -0.39 is 0 Å². The van der Waals surface area contributed by atoms with Gasteiger partial charge in [0.2, 0.25) is 0 Å². The first kappa shape index (κ1) is 40.1. The van der Waals surface area contributed by atoms with E-state index in [-0.39, 0.29) is 5.48 Å². The molecule has 0 aromatic rings. The van der Waals surface area contributed by atoms with Crippen LogP contribution in [0.1, 0.15) is 213 Å². The van der Waals surface area contributed by atoms with Crippen LogP contribution in [0.15, 0.2) is 0 Å². The maximum absolute atomic E-state index is 2.51. The molecule has 2 heteroatoms. The Hall–Kier alpha value is -0.0800. The van der Waals surface area contributed by atoms with E-state index in [1.165, 1.54) is 199 Å². The molecule has 38 heavy (non-hydrogen) atoms. The quantitative estimate of drug-likeness (QED) is 0.0782. The molecule has 2 N–H and O–H groups in total. The molecule has 0 rings (SSSR count).